The quantitative estimate of drug-likeness (QED) is 0.168. The summed E-state index contributed by atoms with van der Waals surface area (Å²) in [6.07, 6.45) is 0. The first kappa shape index (κ1) is 32.2. The second kappa shape index (κ2) is 11.9. The Kier molecular flexibility index (Phi) is 6.50. The number of hydrogen-bond donors (Lipinski definition) is 0. The van der Waals surface area contributed by atoms with Gasteiger partial charge in [0.25, 0.3) is 0 Å². The lowest BCUT2D eigenvalue weighted by Gasteiger charge is -2.09. The van der Waals surface area contributed by atoms with Crippen LogP contribution in [0.15, 0.2) is 182 Å². The van der Waals surface area contributed by atoms with Crippen LogP contribution in [-0.4, -0.2) is 9.13 Å². The first-order chi connectivity index (χ1) is 29.2. The summed E-state index contributed by atoms with van der Waals surface area (Å²) in [6.45, 7) is 0. The first-order valence-corrected chi connectivity index (χ1v) is 22.4. The number of benzene rings is 9. The maximum absolute atomic E-state index is 2.47. The normalized spacial score (nSPS) is 12.4. The molecule has 5 aromatic heterocycles. The van der Waals surface area contributed by atoms with Crippen molar-refractivity contribution in [2.45, 2.75) is 0 Å². The molecule has 0 aliphatic rings. The molecule has 274 valence electrons. The molecule has 9 aromatic carbocycles. The zero-order valence-electron chi connectivity index (χ0n) is 31.4. The van der Waals surface area contributed by atoms with Gasteiger partial charge in [-0.15, -0.1) is 34.0 Å². The van der Waals surface area contributed by atoms with Crippen molar-refractivity contribution < 1.29 is 0 Å². The highest BCUT2D eigenvalue weighted by Gasteiger charge is 2.20. The number of nitrogens with zero attached hydrogens (tertiary/aromatic N) is 2. The second-order valence-corrected chi connectivity index (χ2v) is 18.9. The topological polar surface area (TPSA) is 9.86 Å². The van der Waals surface area contributed by atoms with E-state index in [0.29, 0.717) is 0 Å². The number of para-hydroxylation sites is 2. The van der Waals surface area contributed by atoms with E-state index in [-0.39, 0.29) is 0 Å². The molecule has 0 radical (unpaired) electrons. The van der Waals surface area contributed by atoms with Crippen LogP contribution in [0.4, 0.5) is 0 Å². The Labute approximate surface area is 349 Å². The minimum atomic E-state index is 1.18. The number of thiophene rings is 3. The maximum Gasteiger partial charge on any atom is 0.0555 e. The summed E-state index contributed by atoms with van der Waals surface area (Å²) in [4.78, 5) is 0. The van der Waals surface area contributed by atoms with Crippen molar-refractivity contribution in [3.8, 4) is 22.5 Å². The standard InChI is InChI=1S/C54H30N2S3/c1-5-13-44-35(9-1)40-27-31(32-18-24-50-41(28-32)36-10-3-7-15-48(36)57-50)17-22-46(40)55(44)33-20-26-52-43(30-33)38-21-23-47-53(54(38)59-52)39-12-2-6-14-45(39)56(47)34-19-25-51-42(29-34)37-11-4-8-16-49(37)58-51/h1-30H. The second-order valence-electron chi connectivity index (χ2n) is 15.6. The zero-order chi connectivity index (χ0) is 38.3. The van der Waals surface area contributed by atoms with Gasteiger partial charge in [0.05, 0.1) is 22.1 Å². The van der Waals surface area contributed by atoms with Crippen molar-refractivity contribution in [1.29, 1.82) is 0 Å². The van der Waals surface area contributed by atoms with Crippen molar-refractivity contribution in [3.05, 3.63) is 182 Å². The summed E-state index contributed by atoms with van der Waals surface area (Å²) >= 11 is 5.66. The molecule has 0 saturated carbocycles. The fourth-order valence-electron chi connectivity index (χ4n) is 9.88. The van der Waals surface area contributed by atoms with Crippen molar-refractivity contribution in [2.75, 3.05) is 0 Å². The van der Waals surface area contributed by atoms with Crippen LogP contribution in [0.5, 0.6) is 0 Å². The molecule has 0 spiro atoms. The predicted octanol–water partition coefficient (Wildman–Crippen LogP) is 16.7. The van der Waals surface area contributed by atoms with Gasteiger partial charge >= 0.3 is 0 Å². The van der Waals surface area contributed by atoms with E-state index in [4.69, 9.17) is 0 Å². The average Bonchev–Trinajstić information content (AvgIpc) is 4.10. The smallest absolute Gasteiger partial charge is 0.0555 e. The molecule has 5 heterocycles. The Morgan fingerprint density at radius 3 is 1.44 bits per heavy atom. The summed E-state index contributed by atoms with van der Waals surface area (Å²) in [6, 6.07) is 68.1. The van der Waals surface area contributed by atoms with Crippen LogP contribution in [0.25, 0.3) is 127 Å². The lowest BCUT2D eigenvalue weighted by Crippen LogP contribution is -1.93. The van der Waals surface area contributed by atoms with E-state index in [0.717, 1.165) is 0 Å². The summed E-state index contributed by atoms with van der Waals surface area (Å²) in [5, 5.41) is 13.1. The summed E-state index contributed by atoms with van der Waals surface area (Å²) in [5.74, 6) is 0. The van der Waals surface area contributed by atoms with Crippen molar-refractivity contribution in [3.63, 3.8) is 0 Å². The minimum Gasteiger partial charge on any atom is -0.309 e. The minimum absolute atomic E-state index is 1.18. The summed E-state index contributed by atoms with van der Waals surface area (Å²) in [5.41, 5.74) is 9.79. The molecule has 0 unspecified atom stereocenters. The van der Waals surface area contributed by atoms with Gasteiger partial charge in [-0.1, -0.05) is 91.0 Å². The third-order valence-corrected chi connectivity index (χ3v) is 16.0. The molecule has 0 bridgehead atoms. The van der Waals surface area contributed by atoms with E-state index in [1.165, 1.54) is 127 Å². The van der Waals surface area contributed by atoms with Crippen LogP contribution in [0, 0.1) is 0 Å². The molecule has 0 atom stereocenters. The largest absolute Gasteiger partial charge is 0.309 e. The number of fused-ring (bicyclic) bond motifs is 16. The average molecular weight is 803 g/mol. The SMILES string of the molecule is c1ccc2c(c1)sc1ccc(-c3ccc4c(c3)c3ccccc3n4-c3ccc4sc5c(ccc6c5c5ccccc5n6-c5ccc6sc7ccccc7c6c5)c4c3)cc12. The van der Waals surface area contributed by atoms with Crippen LogP contribution in [0.3, 0.4) is 0 Å². The van der Waals surface area contributed by atoms with Crippen molar-refractivity contribution >= 4 is 138 Å². The van der Waals surface area contributed by atoms with Gasteiger partial charge in [0.1, 0.15) is 0 Å². The van der Waals surface area contributed by atoms with E-state index in [1.807, 2.05) is 34.0 Å². The number of aromatic nitrogens is 2. The van der Waals surface area contributed by atoms with E-state index in [9.17, 15) is 0 Å². The fraction of sp³-hybridized carbons (Fsp3) is 0. The molecule has 14 rings (SSSR count). The highest BCUT2D eigenvalue weighted by molar-refractivity contribution is 7.27. The van der Waals surface area contributed by atoms with Gasteiger partial charge in [-0.2, -0.15) is 0 Å². The summed E-state index contributed by atoms with van der Waals surface area (Å²) < 4.78 is 12.9. The lowest BCUT2D eigenvalue weighted by atomic mass is 10.0. The molecule has 0 fully saturated rings. The van der Waals surface area contributed by atoms with Gasteiger partial charge in [0.2, 0.25) is 0 Å². The number of hydrogen-bond acceptors (Lipinski definition) is 3. The van der Waals surface area contributed by atoms with Crippen LogP contribution in [-0.2, 0) is 0 Å². The number of rotatable bonds is 3. The van der Waals surface area contributed by atoms with E-state index in [1.54, 1.807) is 0 Å². The Bertz CT molecular complexity index is 4090. The molecule has 14 aromatic rings. The molecule has 0 amide bonds. The van der Waals surface area contributed by atoms with E-state index >= 15 is 0 Å². The highest BCUT2D eigenvalue weighted by atomic mass is 32.1. The van der Waals surface area contributed by atoms with E-state index < -0.39 is 0 Å². The zero-order valence-corrected chi connectivity index (χ0v) is 33.9. The van der Waals surface area contributed by atoms with Gasteiger partial charge in [0, 0.05) is 93.4 Å². The van der Waals surface area contributed by atoms with Gasteiger partial charge in [-0.25, -0.2) is 0 Å². The third-order valence-electron chi connectivity index (χ3n) is 12.5. The Morgan fingerprint density at radius 2 is 0.729 bits per heavy atom. The Balaban J connectivity index is 0.948. The molecule has 5 heteroatoms. The molecule has 0 aliphatic carbocycles. The van der Waals surface area contributed by atoms with Gasteiger partial charge in [0.15, 0.2) is 0 Å². The molecule has 0 saturated heterocycles. The van der Waals surface area contributed by atoms with Crippen LogP contribution in [0.2, 0.25) is 0 Å². The lowest BCUT2D eigenvalue weighted by molar-refractivity contribution is 1.19. The molecular weight excluding hydrogens is 773 g/mol. The van der Waals surface area contributed by atoms with Gasteiger partial charge in [-0.3, -0.25) is 0 Å². The Hall–Kier alpha value is -6.76. The molecule has 0 N–H and O–H groups in total. The monoisotopic (exact) mass is 802 g/mol. The molecule has 0 aliphatic heterocycles. The molecular formula is C54H30N2S3. The van der Waals surface area contributed by atoms with Gasteiger partial charge < -0.3 is 9.13 Å². The first-order valence-electron chi connectivity index (χ1n) is 20.0. The molecule has 2 nitrogen and oxygen atoms in total. The summed E-state index contributed by atoms with van der Waals surface area (Å²) in [7, 11) is 0. The van der Waals surface area contributed by atoms with Crippen LogP contribution < -0.4 is 0 Å². The third kappa shape index (κ3) is 4.50. The highest BCUT2D eigenvalue weighted by Crippen LogP contribution is 2.46. The predicted molar refractivity (Wildman–Crippen MR) is 259 cm³/mol. The van der Waals surface area contributed by atoms with Crippen LogP contribution in [0.1, 0.15) is 0 Å². The van der Waals surface area contributed by atoms with E-state index in [2.05, 4.69) is 191 Å². The van der Waals surface area contributed by atoms with Crippen LogP contribution >= 0.6 is 34.0 Å². The van der Waals surface area contributed by atoms with Gasteiger partial charge in [-0.05, 0) is 102 Å². The van der Waals surface area contributed by atoms with Crippen molar-refractivity contribution in [2.24, 2.45) is 0 Å². The Morgan fingerprint density at radius 1 is 0.271 bits per heavy atom. The molecule has 59 heavy (non-hydrogen) atoms. The fourth-order valence-corrected chi connectivity index (χ4v) is 13.3. The maximum atomic E-state index is 2.47. The van der Waals surface area contributed by atoms with Crippen molar-refractivity contribution in [1.82, 2.24) is 9.13 Å².